The number of nitrogen functional groups attached to an aromatic ring is 1. The number of phenolic OH excluding ortho intramolecular Hbond substituents is 1. The van der Waals surface area contributed by atoms with E-state index in [4.69, 9.17) is 10.5 Å². The Morgan fingerprint density at radius 2 is 1.89 bits per heavy atom. The Kier molecular flexibility index (Phi) is 3.57. The number of hydrogen-bond acceptors (Lipinski definition) is 4. The second-order valence-corrected chi connectivity index (χ2v) is 3.93. The van der Waals surface area contributed by atoms with E-state index in [9.17, 15) is 5.11 Å². The normalized spacial score (nSPS) is 10.1. The van der Waals surface area contributed by atoms with E-state index in [1.165, 1.54) is 0 Å². The number of benzene rings is 2. The molecule has 2 rings (SSSR count). The first-order valence-corrected chi connectivity index (χ1v) is 5.65. The molecule has 0 aliphatic carbocycles. The van der Waals surface area contributed by atoms with E-state index >= 15 is 0 Å². The minimum absolute atomic E-state index is 0.205. The lowest BCUT2D eigenvalue weighted by Crippen LogP contribution is -2.03. The Labute approximate surface area is 106 Å². The number of aromatic hydroxyl groups is 1. The number of nitrogens with two attached hydrogens (primary N) is 1. The van der Waals surface area contributed by atoms with Crippen LogP contribution in [0, 0.1) is 0 Å². The quantitative estimate of drug-likeness (QED) is 0.723. The third-order valence-electron chi connectivity index (χ3n) is 2.75. The van der Waals surface area contributed by atoms with Gasteiger partial charge in [0.2, 0.25) is 0 Å². The van der Waals surface area contributed by atoms with Gasteiger partial charge in [-0.05, 0) is 36.4 Å². The van der Waals surface area contributed by atoms with Crippen LogP contribution in [0.25, 0.3) is 0 Å². The van der Waals surface area contributed by atoms with Crippen molar-refractivity contribution in [3.63, 3.8) is 0 Å². The van der Waals surface area contributed by atoms with Crippen LogP contribution in [-0.2, 0) is 6.54 Å². The molecule has 0 unspecified atom stereocenters. The fraction of sp³-hybridized carbons (Fsp3) is 0.143. The summed E-state index contributed by atoms with van der Waals surface area (Å²) in [7, 11) is 1.63. The Morgan fingerprint density at radius 3 is 2.50 bits per heavy atom. The largest absolute Gasteiger partial charge is 0.508 e. The molecular weight excluding hydrogens is 228 g/mol. The summed E-state index contributed by atoms with van der Waals surface area (Å²) >= 11 is 0. The van der Waals surface area contributed by atoms with E-state index in [0.29, 0.717) is 17.8 Å². The van der Waals surface area contributed by atoms with Gasteiger partial charge in [0.25, 0.3) is 0 Å². The van der Waals surface area contributed by atoms with Crippen molar-refractivity contribution in [2.24, 2.45) is 0 Å². The van der Waals surface area contributed by atoms with Crippen LogP contribution in [0.2, 0.25) is 0 Å². The second kappa shape index (κ2) is 5.31. The molecule has 0 spiro atoms. The van der Waals surface area contributed by atoms with E-state index in [0.717, 1.165) is 11.4 Å². The van der Waals surface area contributed by atoms with Crippen molar-refractivity contribution in [2.75, 3.05) is 18.2 Å². The van der Waals surface area contributed by atoms with E-state index in [2.05, 4.69) is 5.32 Å². The Balaban J connectivity index is 2.06. The number of hydrogen-bond donors (Lipinski definition) is 3. The first-order chi connectivity index (χ1) is 8.70. The van der Waals surface area contributed by atoms with E-state index in [-0.39, 0.29) is 5.75 Å². The number of ether oxygens (including phenoxy) is 1. The molecule has 2 aromatic carbocycles. The molecule has 0 bridgehead atoms. The van der Waals surface area contributed by atoms with Gasteiger partial charge in [0, 0.05) is 23.5 Å². The number of anilines is 2. The molecule has 0 aliphatic heterocycles. The molecule has 18 heavy (non-hydrogen) atoms. The SMILES string of the molecule is COc1ccc(NCc2c(N)cccc2O)cc1. The van der Waals surface area contributed by atoms with Crippen molar-refractivity contribution < 1.29 is 9.84 Å². The van der Waals surface area contributed by atoms with Crippen molar-refractivity contribution in [2.45, 2.75) is 6.54 Å². The molecule has 0 saturated heterocycles. The zero-order chi connectivity index (χ0) is 13.0. The third kappa shape index (κ3) is 2.66. The highest BCUT2D eigenvalue weighted by Crippen LogP contribution is 2.24. The molecule has 2 aromatic rings. The van der Waals surface area contributed by atoms with Gasteiger partial charge in [-0.15, -0.1) is 0 Å². The van der Waals surface area contributed by atoms with E-state index < -0.39 is 0 Å². The van der Waals surface area contributed by atoms with Crippen molar-refractivity contribution in [1.29, 1.82) is 0 Å². The molecule has 0 aliphatic rings. The maximum atomic E-state index is 9.71. The summed E-state index contributed by atoms with van der Waals surface area (Å²) in [6.45, 7) is 0.477. The number of phenols is 1. The van der Waals surface area contributed by atoms with Gasteiger partial charge in [0.15, 0.2) is 0 Å². The Morgan fingerprint density at radius 1 is 1.17 bits per heavy atom. The standard InChI is InChI=1S/C14H16N2O2/c1-18-11-7-5-10(6-8-11)16-9-12-13(15)3-2-4-14(12)17/h2-8,16-17H,9,15H2,1H3. The van der Waals surface area contributed by atoms with Gasteiger partial charge in [-0.2, -0.15) is 0 Å². The highest BCUT2D eigenvalue weighted by atomic mass is 16.5. The Bertz CT molecular complexity index is 504. The summed E-state index contributed by atoms with van der Waals surface area (Å²) in [5.41, 5.74) is 8.04. The predicted molar refractivity (Wildman–Crippen MR) is 72.8 cm³/mol. The summed E-state index contributed by atoms with van der Waals surface area (Å²) in [5.74, 6) is 1.01. The molecule has 0 aromatic heterocycles. The van der Waals surface area contributed by atoms with Gasteiger partial charge < -0.3 is 20.9 Å². The lowest BCUT2D eigenvalue weighted by Gasteiger charge is -2.10. The Hall–Kier alpha value is -2.36. The zero-order valence-corrected chi connectivity index (χ0v) is 10.2. The van der Waals surface area contributed by atoms with Crippen molar-refractivity contribution in [1.82, 2.24) is 0 Å². The van der Waals surface area contributed by atoms with Crippen LogP contribution in [0.3, 0.4) is 0 Å². The van der Waals surface area contributed by atoms with E-state index in [1.54, 1.807) is 25.3 Å². The highest BCUT2D eigenvalue weighted by molar-refractivity contribution is 5.56. The molecule has 0 heterocycles. The fourth-order valence-corrected chi connectivity index (χ4v) is 1.68. The van der Waals surface area contributed by atoms with Crippen LogP contribution in [0.15, 0.2) is 42.5 Å². The molecule has 0 radical (unpaired) electrons. The molecule has 4 heteroatoms. The summed E-state index contributed by atoms with van der Waals surface area (Å²) in [4.78, 5) is 0. The monoisotopic (exact) mass is 244 g/mol. The minimum atomic E-state index is 0.205. The van der Waals surface area contributed by atoms with Gasteiger partial charge in [-0.25, -0.2) is 0 Å². The van der Waals surface area contributed by atoms with Crippen molar-refractivity contribution >= 4 is 11.4 Å². The maximum absolute atomic E-state index is 9.71. The molecule has 4 nitrogen and oxygen atoms in total. The average molecular weight is 244 g/mol. The third-order valence-corrected chi connectivity index (χ3v) is 2.75. The van der Waals surface area contributed by atoms with E-state index in [1.807, 2.05) is 24.3 Å². The lowest BCUT2D eigenvalue weighted by atomic mass is 10.1. The number of methoxy groups -OCH3 is 1. The van der Waals surface area contributed by atoms with Gasteiger partial charge >= 0.3 is 0 Å². The minimum Gasteiger partial charge on any atom is -0.508 e. The van der Waals surface area contributed by atoms with Crippen LogP contribution in [0.4, 0.5) is 11.4 Å². The topological polar surface area (TPSA) is 67.5 Å². The smallest absolute Gasteiger partial charge is 0.122 e. The summed E-state index contributed by atoms with van der Waals surface area (Å²) in [5, 5.41) is 12.9. The number of rotatable bonds is 4. The fourth-order valence-electron chi connectivity index (χ4n) is 1.68. The number of nitrogens with one attached hydrogen (secondary N) is 1. The molecule has 4 N–H and O–H groups in total. The van der Waals surface area contributed by atoms with Crippen LogP contribution in [0.1, 0.15) is 5.56 Å². The summed E-state index contributed by atoms with van der Waals surface area (Å²) in [6, 6.07) is 12.7. The highest BCUT2D eigenvalue weighted by Gasteiger charge is 2.04. The predicted octanol–water partition coefficient (Wildman–Crippen LogP) is 2.60. The van der Waals surface area contributed by atoms with Crippen LogP contribution in [0.5, 0.6) is 11.5 Å². The van der Waals surface area contributed by atoms with Gasteiger partial charge in [-0.3, -0.25) is 0 Å². The summed E-state index contributed by atoms with van der Waals surface area (Å²) in [6.07, 6.45) is 0. The maximum Gasteiger partial charge on any atom is 0.122 e. The zero-order valence-electron chi connectivity index (χ0n) is 10.2. The molecule has 0 amide bonds. The van der Waals surface area contributed by atoms with Gasteiger partial charge in [0.05, 0.1) is 7.11 Å². The first kappa shape index (κ1) is 12.1. The lowest BCUT2D eigenvalue weighted by molar-refractivity contribution is 0.415. The second-order valence-electron chi connectivity index (χ2n) is 3.93. The van der Waals surface area contributed by atoms with Gasteiger partial charge in [-0.1, -0.05) is 6.07 Å². The molecular formula is C14H16N2O2. The molecule has 0 atom stereocenters. The molecule has 0 saturated carbocycles. The summed E-state index contributed by atoms with van der Waals surface area (Å²) < 4.78 is 5.08. The first-order valence-electron chi connectivity index (χ1n) is 5.65. The van der Waals surface area contributed by atoms with Crippen LogP contribution >= 0.6 is 0 Å². The molecule has 0 fully saturated rings. The van der Waals surface area contributed by atoms with Crippen molar-refractivity contribution in [3.8, 4) is 11.5 Å². The average Bonchev–Trinajstić information content (AvgIpc) is 2.39. The van der Waals surface area contributed by atoms with Crippen LogP contribution < -0.4 is 15.8 Å². The molecule has 94 valence electrons. The van der Waals surface area contributed by atoms with Gasteiger partial charge in [0.1, 0.15) is 11.5 Å². The van der Waals surface area contributed by atoms with Crippen LogP contribution in [-0.4, -0.2) is 12.2 Å². The van der Waals surface area contributed by atoms with Crippen molar-refractivity contribution in [3.05, 3.63) is 48.0 Å².